The lowest BCUT2D eigenvalue weighted by molar-refractivity contribution is -0.690. The maximum absolute atomic E-state index is 12.8. The molecule has 0 unspecified atom stereocenters. The zero-order valence-electron chi connectivity index (χ0n) is 16.2. The lowest BCUT2D eigenvalue weighted by Crippen LogP contribution is -3.00. The second-order valence-electron chi connectivity index (χ2n) is 7.36. The minimum absolute atomic E-state index is 0. The second-order valence-corrected chi connectivity index (χ2v) is 7.36. The van der Waals surface area contributed by atoms with E-state index in [0.717, 1.165) is 17.8 Å². The Morgan fingerprint density at radius 1 is 1.19 bits per heavy atom. The average Bonchev–Trinajstić information content (AvgIpc) is 2.78. The number of aromatic nitrogens is 1. The Morgan fingerprint density at radius 2 is 1.88 bits per heavy atom. The van der Waals surface area contributed by atoms with Crippen LogP contribution in [0.4, 0.5) is 5.69 Å². The van der Waals surface area contributed by atoms with Crippen LogP contribution in [-0.4, -0.2) is 12.8 Å². The molecule has 26 heavy (non-hydrogen) atoms. The smallest absolute Gasteiger partial charge is 0.222 e. The fourth-order valence-corrected chi connectivity index (χ4v) is 3.67. The highest BCUT2D eigenvalue weighted by atomic mass is 35.5. The summed E-state index contributed by atoms with van der Waals surface area (Å²) in [4.78, 5) is 14.9. The fraction of sp³-hybridized carbons (Fsp3) is 0.364. The van der Waals surface area contributed by atoms with E-state index >= 15 is 0 Å². The number of carbonyl (C=O) groups is 1. The summed E-state index contributed by atoms with van der Waals surface area (Å²) in [6, 6.07) is 12.6. The van der Waals surface area contributed by atoms with Gasteiger partial charge in [0.1, 0.15) is 0 Å². The van der Waals surface area contributed by atoms with E-state index in [4.69, 9.17) is 0 Å². The Labute approximate surface area is 162 Å². The predicted molar refractivity (Wildman–Crippen MR) is 102 cm³/mol. The molecule has 4 heteroatoms. The molecule has 1 aliphatic heterocycles. The zero-order chi connectivity index (χ0) is 18.2. The molecule has 0 atom stereocenters. The van der Waals surface area contributed by atoms with Gasteiger partial charge in [-0.25, -0.2) is 0 Å². The number of hydrogen-bond donors (Lipinski definition) is 0. The minimum atomic E-state index is -0.161. The maximum Gasteiger partial charge on any atom is 0.222 e. The molecule has 0 N–H and O–H groups in total. The number of ketones is 1. The third kappa shape index (κ3) is 3.54. The minimum Gasteiger partial charge on any atom is -1.00 e. The van der Waals surface area contributed by atoms with Gasteiger partial charge in [0.2, 0.25) is 12.3 Å². The SMILES string of the molecule is CCc1ccc(C)[n+](CC(=O)C=C2N(C)c3ccccc3C2(C)C)c1.[Cl-]. The number of allylic oxidation sites excluding steroid dienone is 2. The number of pyridine rings is 1. The van der Waals surface area contributed by atoms with Gasteiger partial charge in [0.05, 0.1) is 0 Å². The van der Waals surface area contributed by atoms with E-state index in [-0.39, 0.29) is 23.6 Å². The van der Waals surface area contributed by atoms with Crippen LogP contribution in [0.2, 0.25) is 0 Å². The van der Waals surface area contributed by atoms with Gasteiger partial charge in [0.15, 0.2) is 11.9 Å². The van der Waals surface area contributed by atoms with Gasteiger partial charge in [-0.15, -0.1) is 0 Å². The lowest BCUT2D eigenvalue weighted by atomic mass is 9.83. The Balaban J connectivity index is 0.00000243. The number of hydrogen-bond acceptors (Lipinski definition) is 2. The molecule has 2 heterocycles. The molecule has 0 fully saturated rings. The molecule has 138 valence electrons. The van der Waals surface area contributed by atoms with E-state index in [0.29, 0.717) is 6.54 Å². The Morgan fingerprint density at radius 3 is 2.54 bits per heavy atom. The Hall–Kier alpha value is -2.13. The quantitative estimate of drug-likeness (QED) is 0.585. The molecule has 0 spiro atoms. The fourth-order valence-electron chi connectivity index (χ4n) is 3.67. The van der Waals surface area contributed by atoms with Crippen LogP contribution in [0, 0.1) is 6.92 Å². The summed E-state index contributed by atoms with van der Waals surface area (Å²) < 4.78 is 2.05. The molecule has 0 saturated heterocycles. The van der Waals surface area contributed by atoms with E-state index in [1.807, 2.05) is 30.7 Å². The first-order valence-corrected chi connectivity index (χ1v) is 8.91. The number of fused-ring (bicyclic) bond motifs is 1. The first kappa shape index (κ1) is 20.2. The molecule has 0 bridgehead atoms. The molecule has 0 aliphatic carbocycles. The van der Waals surface area contributed by atoms with Crippen molar-refractivity contribution >= 4 is 11.5 Å². The normalized spacial score (nSPS) is 16.3. The van der Waals surface area contributed by atoms with Gasteiger partial charge in [0, 0.05) is 48.5 Å². The highest BCUT2D eigenvalue weighted by Crippen LogP contribution is 2.46. The topological polar surface area (TPSA) is 24.2 Å². The maximum atomic E-state index is 12.8. The van der Waals surface area contributed by atoms with Crippen molar-refractivity contribution in [2.45, 2.75) is 46.1 Å². The van der Waals surface area contributed by atoms with Crippen molar-refractivity contribution in [3.05, 3.63) is 71.2 Å². The van der Waals surface area contributed by atoms with Crippen LogP contribution in [0.5, 0.6) is 0 Å². The summed E-state index contributed by atoms with van der Waals surface area (Å²) in [5.41, 5.74) is 5.70. The van der Waals surface area contributed by atoms with Crippen molar-refractivity contribution in [3.8, 4) is 0 Å². The van der Waals surface area contributed by atoms with E-state index in [1.165, 1.54) is 16.8 Å². The van der Waals surface area contributed by atoms with Crippen molar-refractivity contribution in [2.75, 3.05) is 11.9 Å². The van der Waals surface area contributed by atoms with Crippen molar-refractivity contribution < 1.29 is 21.8 Å². The summed E-state index contributed by atoms with van der Waals surface area (Å²) in [6.45, 7) is 8.92. The van der Waals surface area contributed by atoms with Gasteiger partial charge >= 0.3 is 0 Å². The Bertz CT molecular complexity index is 855. The largest absolute Gasteiger partial charge is 1.00 e. The first-order valence-electron chi connectivity index (χ1n) is 8.91. The number of nitrogens with zero attached hydrogens (tertiary/aromatic N) is 2. The third-order valence-electron chi connectivity index (χ3n) is 5.29. The molecular weight excluding hydrogens is 344 g/mol. The number of anilines is 1. The van der Waals surface area contributed by atoms with Crippen molar-refractivity contribution in [2.24, 2.45) is 0 Å². The number of rotatable bonds is 4. The highest BCUT2D eigenvalue weighted by molar-refractivity contribution is 5.91. The number of likely N-dealkylation sites (N-methyl/N-ethyl adjacent to an activating group) is 1. The van der Waals surface area contributed by atoms with Crippen LogP contribution in [0.1, 0.15) is 37.6 Å². The van der Waals surface area contributed by atoms with E-state index in [9.17, 15) is 4.79 Å². The summed E-state index contributed by atoms with van der Waals surface area (Å²) in [5.74, 6) is 0.129. The number of halogens is 1. The molecular formula is C22H27ClN2O. The molecule has 1 aliphatic rings. The van der Waals surface area contributed by atoms with Gasteiger partial charge in [-0.05, 0) is 24.1 Å². The number of benzene rings is 1. The van der Waals surface area contributed by atoms with E-state index in [2.05, 4.69) is 62.2 Å². The Kier molecular flexibility index (Phi) is 5.92. The van der Waals surface area contributed by atoms with Crippen molar-refractivity contribution in [1.82, 2.24) is 0 Å². The van der Waals surface area contributed by atoms with Gasteiger partial charge in [0.25, 0.3) is 0 Å². The highest BCUT2D eigenvalue weighted by Gasteiger charge is 2.38. The molecule has 0 saturated carbocycles. The molecule has 1 aromatic carbocycles. The van der Waals surface area contributed by atoms with Gasteiger partial charge in [-0.1, -0.05) is 39.0 Å². The van der Waals surface area contributed by atoms with Gasteiger partial charge in [-0.3, -0.25) is 4.79 Å². The van der Waals surface area contributed by atoms with Crippen LogP contribution in [0.15, 0.2) is 54.4 Å². The third-order valence-corrected chi connectivity index (χ3v) is 5.29. The van der Waals surface area contributed by atoms with Crippen LogP contribution in [0.3, 0.4) is 0 Å². The molecule has 3 rings (SSSR count). The second kappa shape index (κ2) is 7.63. The summed E-state index contributed by atoms with van der Waals surface area (Å²) in [6.07, 6.45) is 4.88. The molecule has 2 aromatic rings. The number of carbonyl (C=O) groups excluding carboxylic acids is 1. The van der Waals surface area contributed by atoms with Crippen molar-refractivity contribution in [1.29, 1.82) is 0 Å². The van der Waals surface area contributed by atoms with Crippen LogP contribution < -0.4 is 21.9 Å². The summed E-state index contributed by atoms with van der Waals surface area (Å²) in [5, 5.41) is 0. The molecule has 1 aromatic heterocycles. The zero-order valence-corrected chi connectivity index (χ0v) is 17.0. The first-order chi connectivity index (χ1) is 11.8. The molecule has 0 radical (unpaired) electrons. The van der Waals surface area contributed by atoms with Crippen LogP contribution in [-0.2, 0) is 23.2 Å². The molecule has 3 nitrogen and oxygen atoms in total. The summed E-state index contributed by atoms with van der Waals surface area (Å²) in [7, 11) is 2.04. The van der Waals surface area contributed by atoms with Crippen LogP contribution >= 0.6 is 0 Å². The van der Waals surface area contributed by atoms with Gasteiger partial charge < -0.3 is 17.3 Å². The van der Waals surface area contributed by atoms with Gasteiger partial charge in [-0.2, -0.15) is 4.57 Å². The lowest BCUT2D eigenvalue weighted by Gasteiger charge is -2.23. The predicted octanol–water partition coefficient (Wildman–Crippen LogP) is 0.730. The number of para-hydroxylation sites is 1. The standard InChI is InChI=1S/C22H27N2O.ClH/c1-6-17-12-11-16(2)24(14-17)15-18(25)13-21-22(3,4)19-9-7-8-10-20(19)23(21)5;/h7-14H,6,15H2,1-5H3;1H/q+1;/p-1. The molecule has 0 amide bonds. The van der Waals surface area contributed by atoms with E-state index in [1.54, 1.807) is 0 Å². The number of aryl methyl sites for hydroxylation is 2. The average molecular weight is 371 g/mol. The monoisotopic (exact) mass is 370 g/mol. The van der Waals surface area contributed by atoms with Crippen LogP contribution in [0.25, 0.3) is 0 Å². The van der Waals surface area contributed by atoms with E-state index < -0.39 is 0 Å². The van der Waals surface area contributed by atoms with Crippen molar-refractivity contribution in [3.63, 3.8) is 0 Å². The summed E-state index contributed by atoms with van der Waals surface area (Å²) >= 11 is 0.